The van der Waals surface area contributed by atoms with E-state index in [1.165, 1.54) is 0 Å². The van der Waals surface area contributed by atoms with Crippen LogP contribution in [-0.2, 0) is 6.54 Å². The van der Waals surface area contributed by atoms with Gasteiger partial charge in [-0.15, -0.1) is 0 Å². The number of carbonyl (C=O) groups is 1. The van der Waals surface area contributed by atoms with Gasteiger partial charge in [0.2, 0.25) is 0 Å². The van der Waals surface area contributed by atoms with Gasteiger partial charge >= 0.3 is 0 Å². The largest absolute Gasteiger partial charge is 0.460 e. The van der Waals surface area contributed by atoms with E-state index >= 15 is 0 Å². The summed E-state index contributed by atoms with van der Waals surface area (Å²) in [6, 6.07) is 7.12. The first-order chi connectivity index (χ1) is 13.9. The van der Waals surface area contributed by atoms with E-state index in [1.54, 1.807) is 12.1 Å². The lowest BCUT2D eigenvalue weighted by molar-refractivity contribution is 0.102. The van der Waals surface area contributed by atoms with Crippen LogP contribution in [0.1, 0.15) is 41.0 Å². The predicted molar refractivity (Wildman–Crippen MR) is 113 cm³/mol. The van der Waals surface area contributed by atoms with Crippen LogP contribution in [0.2, 0.25) is 5.02 Å². The van der Waals surface area contributed by atoms with Crippen LogP contribution in [-0.4, -0.2) is 25.9 Å². The molecule has 0 bridgehead atoms. The van der Waals surface area contributed by atoms with E-state index in [2.05, 4.69) is 27.5 Å². The Bertz CT molecular complexity index is 1220. The van der Waals surface area contributed by atoms with Crippen LogP contribution in [0.4, 0.5) is 5.69 Å². The molecule has 0 atom stereocenters. The highest BCUT2D eigenvalue weighted by Gasteiger charge is 2.18. The van der Waals surface area contributed by atoms with Crippen molar-refractivity contribution in [3.8, 4) is 11.3 Å². The number of aryl methyl sites for hydroxylation is 3. The number of amides is 1. The van der Waals surface area contributed by atoms with Crippen molar-refractivity contribution in [3.63, 3.8) is 0 Å². The zero-order valence-corrected chi connectivity index (χ0v) is 17.5. The molecule has 150 valence electrons. The Hall–Kier alpha value is -3.06. The molecule has 8 heteroatoms. The summed E-state index contributed by atoms with van der Waals surface area (Å²) >= 11 is 6.28. The topological polar surface area (TPSA) is 88.7 Å². The molecule has 1 amide bonds. The monoisotopic (exact) mass is 411 g/mol. The standard InChI is InChI=1S/C21H22ClN5O2/c1-5-6-27-13(4)19(12(3)26-27)17-10-18(25-24-17)21(28)23-15-8-14-7-11(2)29-20(14)16(22)9-15/h7-10H,5-6H2,1-4H3,(H,23,28)(H,24,25). The van der Waals surface area contributed by atoms with Gasteiger partial charge in [0.05, 0.1) is 16.4 Å². The number of nitrogens with zero attached hydrogens (tertiary/aromatic N) is 3. The van der Waals surface area contributed by atoms with Crippen molar-refractivity contribution in [2.45, 2.75) is 40.7 Å². The van der Waals surface area contributed by atoms with Crippen molar-refractivity contribution < 1.29 is 9.21 Å². The van der Waals surface area contributed by atoms with Gasteiger partial charge < -0.3 is 9.73 Å². The Morgan fingerprint density at radius 1 is 1.24 bits per heavy atom. The van der Waals surface area contributed by atoms with Crippen molar-refractivity contribution in [1.82, 2.24) is 20.0 Å². The van der Waals surface area contributed by atoms with Crippen LogP contribution >= 0.6 is 11.6 Å². The van der Waals surface area contributed by atoms with Crippen LogP contribution in [0.5, 0.6) is 0 Å². The van der Waals surface area contributed by atoms with E-state index in [0.29, 0.717) is 27.7 Å². The van der Waals surface area contributed by atoms with Crippen LogP contribution in [0.15, 0.2) is 28.7 Å². The summed E-state index contributed by atoms with van der Waals surface area (Å²) in [6.07, 6.45) is 0.999. The summed E-state index contributed by atoms with van der Waals surface area (Å²) in [5.41, 5.74) is 5.14. The third-order valence-corrected chi connectivity index (χ3v) is 5.13. The minimum absolute atomic E-state index is 0.296. The minimum atomic E-state index is -0.296. The van der Waals surface area contributed by atoms with E-state index in [1.807, 2.05) is 37.6 Å². The number of aromatic amines is 1. The normalized spacial score (nSPS) is 11.3. The molecule has 29 heavy (non-hydrogen) atoms. The van der Waals surface area contributed by atoms with Gasteiger partial charge in [-0.2, -0.15) is 10.2 Å². The van der Waals surface area contributed by atoms with Gasteiger partial charge in [-0.25, -0.2) is 0 Å². The quantitative estimate of drug-likeness (QED) is 0.468. The molecular formula is C21H22ClN5O2. The number of halogens is 1. The average Bonchev–Trinajstić information content (AvgIpc) is 3.34. The molecule has 4 rings (SSSR count). The predicted octanol–water partition coefficient (Wildman–Crippen LogP) is 5.26. The molecule has 7 nitrogen and oxygen atoms in total. The van der Waals surface area contributed by atoms with Crippen molar-refractivity contribution in [3.05, 3.63) is 52.1 Å². The molecule has 0 aliphatic heterocycles. The zero-order valence-electron chi connectivity index (χ0n) is 16.8. The fraction of sp³-hybridized carbons (Fsp3) is 0.286. The molecule has 3 aromatic heterocycles. The number of fused-ring (bicyclic) bond motifs is 1. The molecule has 0 radical (unpaired) electrons. The van der Waals surface area contributed by atoms with E-state index < -0.39 is 0 Å². The molecule has 0 spiro atoms. The Morgan fingerprint density at radius 2 is 2.03 bits per heavy atom. The molecule has 0 saturated heterocycles. The summed E-state index contributed by atoms with van der Waals surface area (Å²) in [5.74, 6) is 0.466. The first-order valence-corrected chi connectivity index (χ1v) is 9.86. The lowest BCUT2D eigenvalue weighted by atomic mass is 10.1. The van der Waals surface area contributed by atoms with Crippen LogP contribution in [0.25, 0.3) is 22.2 Å². The van der Waals surface area contributed by atoms with Crippen molar-refractivity contribution >= 4 is 34.2 Å². The first kappa shape index (κ1) is 19.3. The van der Waals surface area contributed by atoms with Gasteiger partial charge in [0.1, 0.15) is 11.5 Å². The molecule has 3 heterocycles. The highest BCUT2D eigenvalue weighted by atomic mass is 35.5. The second-order valence-corrected chi connectivity index (χ2v) is 7.53. The Kier molecular flexibility index (Phi) is 4.92. The van der Waals surface area contributed by atoms with Crippen LogP contribution < -0.4 is 5.32 Å². The minimum Gasteiger partial charge on any atom is -0.460 e. The number of anilines is 1. The van der Waals surface area contributed by atoms with E-state index in [4.69, 9.17) is 16.0 Å². The first-order valence-electron chi connectivity index (χ1n) is 9.48. The van der Waals surface area contributed by atoms with E-state index in [0.717, 1.165) is 41.1 Å². The maximum atomic E-state index is 12.7. The number of aromatic nitrogens is 4. The number of carbonyl (C=O) groups excluding carboxylic acids is 1. The Labute approximate surface area is 173 Å². The summed E-state index contributed by atoms with van der Waals surface area (Å²) in [4.78, 5) is 12.7. The van der Waals surface area contributed by atoms with Crippen LogP contribution in [0, 0.1) is 20.8 Å². The average molecular weight is 412 g/mol. The second-order valence-electron chi connectivity index (χ2n) is 7.12. The highest BCUT2D eigenvalue weighted by molar-refractivity contribution is 6.35. The van der Waals surface area contributed by atoms with Gasteiger partial charge in [-0.3, -0.25) is 14.6 Å². The van der Waals surface area contributed by atoms with E-state index in [-0.39, 0.29) is 5.91 Å². The third kappa shape index (κ3) is 3.53. The lowest BCUT2D eigenvalue weighted by Gasteiger charge is -2.04. The van der Waals surface area contributed by atoms with Gasteiger partial charge in [-0.1, -0.05) is 18.5 Å². The number of hydrogen-bond donors (Lipinski definition) is 2. The fourth-order valence-corrected chi connectivity index (χ4v) is 3.84. The fourth-order valence-electron chi connectivity index (χ4n) is 3.57. The molecule has 0 saturated carbocycles. The highest BCUT2D eigenvalue weighted by Crippen LogP contribution is 2.31. The summed E-state index contributed by atoms with van der Waals surface area (Å²) in [6.45, 7) is 8.78. The molecular weight excluding hydrogens is 390 g/mol. The zero-order chi connectivity index (χ0) is 20.7. The molecule has 0 fully saturated rings. The number of hydrogen-bond acceptors (Lipinski definition) is 4. The number of rotatable bonds is 5. The number of furan rings is 1. The molecule has 2 N–H and O–H groups in total. The van der Waals surface area contributed by atoms with Gasteiger partial charge in [-0.05, 0) is 51.5 Å². The van der Waals surface area contributed by atoms with E-state index in [9.17, 15) is 4.79 Å². The number of benzene rings is 1. The van der Waals surface area contributed by atoms with Crippen molar-refractivity contribution in [1.29, 1.82) is 0 Å². The number of H-pyrrole nitrogens is 1. The van der Waals surface area contributed by atoms with Crippen LogP contribution in [0.3, 0.4) is 0 Å². The van der Waals surface area contributed by atoms with Gasteiger partial charge in [0.15, 0.2) is 5.58 Å². The van der Waals surface area contributed by atoms with Crippen molar-refractivity contribution in [2.24, 2.45) is 0 Å². The van der Waals surface area contributed by atoms with Crippen molar-refractivity contribution in [2.75, 3.05) is 5.32 Å². The third-order valence-electron chi connectivity index (χ3n) is 4.85. The molecule has 0 unspecified atom stereocenters. The Morgan fingerprint density at radius 3 is 2.79 bits per heavy atom. The van der Waals surface area contributed by atoms with Gasteiger partial charge in [0.25, 0.3) is 5.91 Å². The number of nitrogens with one attached hydrogen (secondary N) is 2. The summed E-state index contributed by atoms with van der Waals surface area (Å²) < 4.78 is 7.54. The Balaban J connectivity index is 1.59. The SMILES string of the molecule is CCCn1nc(C)c(-c2cc(C(=O)Nc3cc(Cl)c4oc(C)cc4c3)[nH]n2)c1C. The maximum absolute atomic E-state index is 12.7. The smallest absolute Gasteiger partial charge is 0.273 e. The molecule has 0 aliphatic rings. The molecule has 1 aromatic carbocycles. The summed E-state index contributed by atoms with van der Waals surface area (Å²) in [5, 5.41) is 15.9. The molecule has 0 aliphatic carbocycles. The molecule has 4 aromatic rings. The van der Waals surface area contributed by atoms with Gasteiger partial charge in [0, 0.05) is 28.9 Å². The lowest BCUT2D eigenvalue weighted by Crippen LogP contribution is -2.12. The summed E-state index contributed by atoms with van der Waals surface area (Å²) in [7, 11) is 0. The maximum Gasteiger partial charge on any atom is 0.273 e. The second kappa shape index (κ2) is 7.40.